The molecule has 0 saturated carbocycles. The molecule has 2 heterocycles. The van der Waals surface area contributed by atoms with Gasteiger partial charge in [0.25, 0.3) is 5.91 Å². The molecule has 5 nitrogen and oxygen atoms in total. The minimum atomic E-state index is -0.489. The highest BCUT2D eigenvalue weighted by atomic mass is 16.1. The fourth-order valence-electron chi connectivity index (χ4n) is 3.32. The summed E-state index contributed by atoms with van der Waals surface area (Å²) in [4.78, 5) is 11.6. The number of nitrogens with one attached hydrogen (secondary N) is 1. The van der Waals surface area contributed by atoms with E-state index in [2.05, 4.69) is 10.4 Å². The highest BCUT2D eigenvalue weighted by Crippen LogP contribution is 2.25. The minimum Gasteiger partial charge on any atom is -0.366 e. The van der Waals surface area contributed by atoms with Crippen molar-refractivity contribution in [1.82, 2.24) is 15.1 Å². The molecule has 0 spiro atoms. The molecule has 24 heavy (non-hydrogen) atoms. The molecule has 5 heteroatoms. The van der Waals surface area contributed by atoms with Crippen LogP contribution in [0.5, 0.6) is 0 Å². The number of piperidine rings is 1. The number of hydrogen-bond acceptors (Lipinski definition) is 3. The summed E-state index contributed by atoms with van der Waals surface area (Å²) in [6.07, 6.45) is 4.12. The third kappa shape index (κ3) is 2.67. The summed E-state index contributed by atoms with van der Waals surface area (Å²) in [5.74, 6) is -0.0920. The van der Waals surface area contributed by atoms with E-state index in [1.165, 1.54) is 0 Å². The second kappa shape index (κ2) is 6.09. The molecule has 4 rings (SSSR count). The van der Waals surface area contributed by atoms with Gasteiger partial charge in [0, 0.05) is 18.1 Å². The Kier molecular flexibility index (Phi) is 3.49. The number of primary amides is 1. The van der Waals surface area contributed by atoms with E-state index in [1.807, 2.05) is 30.5 Å². The largest absolute Gasteiger partial charge is 0.366 e. The highest BCUT2D eigenvalue weighted by molar-refractivity contribution is 6.04. The zero-order chi connectivity index (χ0) is 17.4. The lowest BCUT2D eigenvalue weighted by atomic mass is 9.92. The van der Waals surface area contributed by atoms with Crippen molar-refractivity contribution in [1.29, 1.82) is 0 Å². The summed E-state index contributed by atoms with van der Waals surface area (Å²) in [7, 11) is 0. The van der Waals surface area contributed by atoms with E-state index in [4.69, 9.17) is 7.10 Å². The van der Waals surface area contributed by atoms with Crippen LogP contribution in [0, 0.1) is 0 Å². The van der Waals surface area contributed by atoms with Gasteiger partial charge in [0.2, 0.25) is 0 Å². The van der Waals surface area contributed by atoms with Gasteiger partial charge in [-0.2, -0.15) is 5.10 Å². The molecule has 1 atom stereocenters. The molecule has 0 radical (unpaired) electrons. The Morgan fingerprint density at radius 1 is 1.33 bits per heavy atom. The summed E-state index contributed by atoms with van der Waals surface area (Å²) in [5, 5.41) is 8.75. The zero-order valence-electron chi connectivity index (χ0n) is 14.3. The van der Waals surface area contributed by atoms with Gasteiger partial charge in [-0.25, -0.2) is 4.68 Å². The number of carbonyl (C=O) groups is 1. The third-order valence-electron chi connectivity index (χ3n) is 4.62. The summed E-state index contributed by atoms with van der Waals surface area (Å²) < 4.78 is 10.1. The van der Waals surface area contributed by atoms with Crippen LogP contribution in [0.25, 0.3) is 16.6 Å². The summed E-state index contributed by atoms with van der Waals surface area (Å²) in [6.45, 7) is 1.99. The number of fused-ring (bicyclic) bond motifs is 1. The van der Waals surface area contributed by atoms with E-state index >= 15 is 0 Å². The predicted molar refractivity (Wildman–Crippen MR) is 94.4 cm³/mol. The fourth-order valence-corrected chi connectivity index (χ4v) is 3.32. The van der Waals surface area contributed by atoms with Crippen molar-refractivity contribution >= 4 is 16.8 Å². The number of nitrogens with zero attached hydrogens (tertiary/aromatic N) is 2. The van der Waals surface area contributed by atoms with Crippen LogP contribution in [-0.4, -0.2) is 28.8 Å². The normalized spacial score (nSPS) is 18.5. The fraction of sp³-hybridized carbons (Fsp3) is 0.263. The molecule has 122 valence electrons. The van der Waals surface area contributed by atoms with Gasteiger partial charge in [-0.3, -0.25) is 4.79 Å². The minimum absolute atomic E-state index is 0.397. The van der Waals surface area contributed by atoms with Gasteiger partial charge in [-0.1, -0.05) is 24.2 Å². The average Bonchev–Trinajstić information content (AvgIpc) is 3.06. The van der Waals surface area contributed by atoms with Crippen LogP contribution in [0.1, 0.15) is 36.1 Å². The summed E-state index contributed by atoms with van der Waals surface area (Å²) >= 11 is 0. The maximum atomic E-state index is 11.6. The molecule has 3 aromatic rings. The number of carbonyl (C=O) groups excluding carboxylic acids is 1. The lowest BCUT2D eigenvalue weighted by molar-refractivity contribution is 0.100. The van der Waals surface area contributed by atoms with Gasteiger partial charge in [-0.15, -0.1) is 0 Å². The van der Waals surface area contributed by atoms with Crippen molar-refractivity contribution in [2.75, 3.05) is 13.1 Å². The Labute approximate surface area is 141 Å². The van der Waals surface area contributed by atoms with Gasteiger partial charge < -0.3 is 11.1 Å². The van der Waals surface area contributed by atoms with Crippen LogP contribution >= 0.6 is 0 Å². The first-order chi connectivity index (χ1) is 12.1. The van der Waals surface area contributed by atoms with E-state index in [0.29, 0.717) is 23.0 Å². The molecule has 1 amide bonds. The standard InChI is InChI=1S/C19H20N4O/c20-19(24)17-5-1-3-15-12-23(22-18(15)17)16-8-6-13(7-9-16)14-4-2-10-21-11-14/h1,3,5-9,12,14,21H,2,4,10-11H2,(H2,20,24)/t14-/m1/s1/i6D. The van der Waals surface area contributed by atoms with Crippen LogP contribution in [-0.2, 0) is 0 Å². The van der Waals surface area contributed by atoms with Crippen molar-refractivity contribution in [2.24, 2.45) is 5.73 Å². The van der Waals surface area contributed by atoms with Gasteiger partial charge >= 0.3 is 0 Å². The molecule has 1 saturated heterocycles. The summed E-state index contributed by atoms with van der Waals surface area (Å²) in [6, 6.07) is 11.7. The van der Waals surface area contributed by atoms with Crippen molar-refractivity contribution < 1.29 is 6.17 Å². The van der Waals surface area contributed by atoms with Gasteiger partial charge in [-0.05, 0) is 49.1 Å². The Balaban J connectivity index is 1.72. The van der Waals surface area contributed by atoms with E-state index in [0.717, 1.165) is 42.6 Å². The average molecular weight is 321 g/mol. The topological polar surface area (TPSA) is 72.9 Å². The van der Waals surface area contributed by atoms with Crippen LogP contribution in [0.4, 0.5) is 0 Å². The molecule has 0 unspecified atom stereocenters. The number of benzene rings is 2. The lowest BCUT2D eigenvalue weighted by Gasteiger charge is -2.23. The first-order valence-corrected chi connectivity index (χ1v) is 8.23. The quantitative estimate of drug-likeness (QED) is 0.779. The molecule has 2 aromatic carbocycles. The smallest absolute Gasteiger partial charge is 0.250 e. The van der Waals surface area contributed by atoms with Crippen LogP contribution in [0.2, 0.25) is 0 Å². The Morgan fingerprint density at radius 3 is 3.00 bits per heavy atom. The predicted octanol–water partition coefficient (Wildman–Crippen LogP) is 2.59. The SMILES string of the molecule is [2H]c1cc(-n2cc3cccc(C(N)=O)c3n2)ccc1[C@@H]1CCCNC1. The first kappa shape index (κ1) is 13.7. The van der Waals surface area contributed by atoms with Crippen LogP contribution in [0.15, 0.2) is 48.6 Å². The third-order valence-corrected chi connectivity index (χ3v) is 4.62. The first-order valence-electron chi connectivity index (χ1n) is 8.73. The van der Waals surface area contributed by atoms with Crippen molar-refractivity contribution in [3.05, 3.63) is 59.8 Å². The molecule has 0 bridgehead atoms. The van der Waals surface area contributed by atoms with E-state index in [1.54, 1.807) is 16.8 Å². The number of nitrogens with two attached hydrogens (primary N) is 1. The van der Waals surface area contributed by atoms with Crippen molar-refractivity contribution in [3.8, 4) is 5.69 Å². The Hall–Kier alpha value is -2.66. The number of aromatic nitrogens is 2. The molecule has 0 aliphatic carbocycles. The van der Waals surface area contributed by atoms with Crippen LogP contribution < -0.4 is 11.1 Å². The zero-order valence-corrected chi connectivity index (χ0v) is 13.3. The lowest BCUT2D eigenvalue weighted by Crippen LogP contribution is -2.28. The van der Waals surface area contributed by atoms with Gasteiger partial charge in [0.15, 0.2) is 0 Å². The maximum Gasteiger partial charge on any atom is 0.250 e. The monoisotopic (exact) mass is 321 g/mol. The number of rotatable bonds is 3. The number of amides is 1. The highest BCUT2D eigenvalue weighted by Gasteiger charge is 2.15. The Morgan fingerprint density at radius 2 is 2.25 bits per heavy atom. The molecule has 1 fully saturated rings. The molecule has 3 N–H and O–H groups in total. The maximum absolute atomic E-state index is 11.6. The molecular formula is C19H20N4O. The molecule has 1 aliphatic heterocycles. The van der Waals surface area contributed by atoms with E-state index in [9.17, 15) is 4.79 Å². The van der Waals surface area contributed by atoms with Gasteiger partial charge in [0.05, 0.1) is 12.6 Å². The molecule has 1 aliphatic rings. The number of hydrogen-bond donors (Lipinski definition) is 2. The Bertz CT molecular complexity index is 944. The summed E-state index contributed by atoms with van der Waals surface area (Å²) in [5.41, 5.74) is 8.31. The van der Waals surface area contributed by atoms with E-state index < -0.39 is 5.91 Å². The van der Waals surface area contributed by atoms with Crippen molar-refractivity contribution in [2.45, 2.75) is 18.8 Å². The second-order valence-corrected chi connectivity index (χ2v) is 6.23. The molecular weight excluding hydrogens is 300 g/mol. The van der Waals surface area contributed by atoms with Crippen LogP contribution in [0.3, 0.4) is 0 Å². The second-order valence-electron chi connectivity index (χ2n) is 6.23. The molecule has 1 aromatic heterocycles. The van der Waals surface area contributed by atoms with Gasteiger partial charge in [0.1, 0.15) is 5.52 Å². The van der Waals surface area contributed by atoms with Crippen molar-refractivity contribution in [3.63, 3.8) is 0 Å². The van der Waals surface area contributed by atoms with E-state index in [-0.39, 0.29) is 0 Å².